The Morgan fingerprint density at radius 1 is 1.14 bits per heavy atom. The molecule has 2 fully saturated rings. The van der Waals surface area contributed by atoms with Crippen molar-refractivity contribution in [3.8, 4) is 0 Å². The highest BCUT2D eigenvalue weighted by Gasteiger charge is 2.31. The fourth-order valence-electron chi connectivity index (χ4n) is 4.24. The van der Waals surface area contributed by atoms with Crippen molar-refractivity contribution in [2.24, 2.45) is 5.92 Å². The van der Waals surface area contributed by atoms with Crippen molar-refractivity contribution in [3.05, 3.63) is 23.9 Å². The Morgan fingerprint density at radius 2 is 1.90 bits per heavy atom. The monoisotopic (exact) mass is 412 g/mol. The third-order valence-corrected chi connectivity index (χ3v) is 6.15. The van der Waals surface area contributed by atoms with Gasteiger partial charge in [0.1, 0.15) is 5.82 Å². The van der Waals surface area contributed by atoms with Gasteiger partial charge in [0, 0.05) is 38.9 Å². The lowest BCUT2D eigenvalue weighted by atomic mass is 9.89. The van der Waals surface area contributed by atoms with Crippen molar-refractivity contribution in [1.82, 2.24) is 15.2 Å². The van der Waals surface area contributed by atoms with Crippen molar-refractivity contribution in [1.29, 1.82) is 0 Å². The molecule has 162 valence electrons. The minimum absolute atomic E-state index is 0.0664. The van der Waals surface area contributed by atoms with E-state index in [4.69, 9.17) is 0 Å². The first-order valence-corrected chi connectivity index (χ1v) is 10.6. The van der Waals surface area contributed by atoms with Crippen LogP contribution in [0.4, 0.5) is 19.0 Å². The summed E-state index contributed by atoms with van der Waals surface area (Å²) in [5, 5.41) is 3.12. The zero-order chi connectivity index (χ0) is 20.9. The van der Waals surface area contributed by atoms with Gasteiger partial charge >= 0.3 is 6.18 Å². The SMILES string of the molecule is CC(C(=O)NCC1CCCCC1)N1CCCN(c2ccc(C(F)(F)F)cn2)CC1. The first-order chi connectivity index (χ1) is 13.8. The first-order valence-electron chi connectivity index (χ1n) is 10.6. The molecule has 1 N–H and O–H groups in total. The predicted molar refractivity (Wildman–Crippen MR) is 107 cm³/mol. The lowest BCUT2D eigenvalue weighted by Gasteiger charge is -2.28. The number of rotatable bonds is 5. The second-order valence-electron chi connectivity index (χ2n) is 8.20. The standard InChI is InChI=1S/C21H31F3N4O/c1-16(20(29)26-14-17-6-3-2-4-7-17)27-10-5-11-28(13-12-27)19-9-8-18(15-25-19)21(22,23)24/h8-9,15-17H,2-7,10-14H2,1H3,(H,26,29). The minimum atomic E-state index is -4.37. The van der Waals surface area contributed by atoms with Gasteiger partial charge in [0.15, 0.2) is 0 Å². The molecule has 0 spiro atoms. The number of nitrogens with zero attached hydrogens (tertiary/aromatic N) is 3. The highest BCUT2D eigenvalue weighted by molar-refractivity contribution is 5.81. The summed E-state index contributed by atoms with van der Waals surface area (Å²) >= 11 is 0. The van der Waals surface area contributed by atoms with Gasteiger partial charge in [-0.1, -0.05) is 19.3 Å². The third-order valence-electron chi connectivity index (χ3n) is 6.15. The quantitative estimate of drug-likeness (QED) is 0.801. The van der Waals surface area contributed by atoms with Gasteiger partial charge < -0.3 is 10.2 Å². The summed E-state index contributed by atoms with van der Waals surface area (Å²) in [6.45, 7) is 5.51. The summed E-state index contributed by atoms with van der Waals surface area (Å²) in [4.78, 5) is 20.7. The van der Waals surface area contributed by atoms with Crippen LogP contribution in [0.2, 0.25) is 0 Å². The molecule has 5 nitrogen and oxygen atoms in total. The number of amides is 1. The molecule has 1 aliphatic heterocycles. The van der Waals surface area contributed by atoms with Gasteiger partial charge in [0.05, 0.1) is 11.6 Å². The van der Waals surface area contributed by atoms with Crippen LogP contribution in [0.5, 0.6) is 0 Å². The molecule has 1 amide bonds. The second-order valence-corrected chi connectivity index (χ2v) is 8.20. The highest BCUT2D eigenvalue weighted by Crippen LogP contribution is 2.29. The van der Waals surface area contributed by atoms with Crippen molar-refractivity contribution in [3.63, 3.8) is 0 Å². The van der Waals surface area contributed by atoms with Crippen LogP contribution >= 0.6 is 0 Å². The first kappa shape index (κ1) is 21.9. The number of hydrogen-bond acceptors (Lipinski definition) is 4. The van der Waals surface area contributed by atoms with Crippen molar-refractivity contribution >= 4 is 11.7 Å². The fourth-order valence-corrected chi connectivity index (χ4v) is 4.24. The number of halogens is 3. The number of aromatic nitrogens is 1. The maximum Gasteiger partial charge on any atom is 0.417 e. The van der Waals surface area contributed by atoms with E-state index in [2.05, 4.69) is 15.2 Å². The molecule has 1 aromatic heterocycles. The zero-order valence-corrected chi connectivity index (χ0v) is 17.0. The average Bonchev–Trinajstić information content (AvgIpc) is 2.98. The Bertz CT molecular complexity index is 659. The average molecular weight is 413 g/mol. The van der Waals surface area contributed by atoms with Gasteiger partial charge in [-0.2, -0.15) is 13.2 Å². The molecule has 3 rings (SSSR count). The van der Waals surface area contributed by atoms with Gasteiger partial charge in [-0.25, -0.2) is 4.98 Å². The number of hydrogen-bond donors (Lipinski definition) is 1. The number of alkyl halides is 3. The Hall–Kier alpha value is -1.83. The summed E-state index contributed by atoms with van der Waals surface area (Å²) in [5.74, 6) is 1.22. The molecule has 1 unspecified atom stereocenters. The molecule has 0 aromatic carbocycles. The fraction of sp³-hybridized carbons (Fsp3) is 0.714. The maximum atomic E-state index is 12.7. The van der Waals surface area contributed by atoms with Crippen LogP contribution in [0.15, 0.2) is 18.3 Å². The molecular weight excluding hydrogens is 381 g/mol. The molecule has 2 aliphatic rings. The Labute approximate surface area is 170 Å². The van der Waals surface area contributed by atoms with Crippen LogP contribution < -0.4 is 10.2 Å². The Kier molecular flexibility index (Phi) is 7.38. The van der Waals surface area contributed by atoms with E-state index in [1.54, 1.807) is 0 Å². The van der Waals surface area contributed by atoms with E-state index >= 15 is 0 Å². The Morgan fingerprint density at radius 3 is 2.55 bits per heavy atom. The number of carbonyl (C=O) groups is 1. The molecule has 8 heteroatoms. The van der Waals surface area contributed by atoms with Crippen LogP contribution in [-0.2, 0) is 11.0 Å². The van der Waals surface area contributed by atoms with E-state index in [0.717, 1.165) is 31.8 Å². The summed E-state index contributed by atoms with van der Waals surface area (Å²) in [7, 11) is 0. The van der Waals surface area contributed by atoms with Crippen LogP contribution in [0.3, 0.4) is 0 Å². The summed E-state index contributed by atoms with van der Waals surface area (Å²) in [6, 6.07) is 2.30. The van der Waals surface area contributed by atoms with Gasteiger partial charge in [-0.15, -0.1) is 0 Å². The minimum Gasteiger partial charge on any atom is -0.355 e. The third kappa shape index (κ3) is 6.07. The summed E-state index contributed by atoms with van der Waals surface area (Å²) in [6.07, 6.45) is 3.58. The lowest BCUT2D eigenvalue weighted by Crippen LogP contribution is -2.47. The zero-order valence-electron chi connectivity index (χ0n) is 17.0. The second kappa shape index (κ2) is 9.78. The van der Waals surface area contributed by atoms with Crippen molar-refractivity contribution in [2.75, 3.05) is 37.6 Å². The topological polar surface area (TPSA) is 48.5 Å². The van der Waals surface area contributed by atoms with E-state index in [-0.39, 0.29) is 11.9 Å². The molecule has 0 radical (unpaired) electrons. The van der Waals surface area contributed by atoms with Crippen LogP contribution in [0.1, 0.15) is 51.0 Å². The molecule has 29 heavy (non-hydrogen) atoms. The van der Waals surface area contributed by atoms with Crippen LogP contribution in [0.25, 0.3) is 0 Å². The maximum absolute atomic E-state index is 12.7. The molecular formula is C21H31F3N4O. The van der Waals surface area contributed by atoms with Crippen LogP contribution in [0, 0.1) is 5.92 Å². The highest BCUT2D eigenvalue weighted by atomic mass is 19.4. The van der Waals surface area contributed by atoms with Gasteiger partial charge in [0.2, 0.25) is 5.91 Å². The number of nitrogens with one attached hydrogen (secondary N) is 1. The summed E-state index contributed by atoms with van der Waals surface area (Å²) < 4.78 is 38.2. The largest absolute Gasteiger partial charge is 0.417 e. The van der Waals surface area contributed by atoms with Gasteiger partial charge in [-0.3, -0.25) is 9.69 Å². The van der Waals surface area contributed by atoms with Crippen molar-refractivity contribution in [2.45, 2.75) is 57.7 Å². The van der Waals surface area contributed by atoms with Gasteiger partial charge in [0.25, 0.3) is 0 Å². The molecule has 0 bridgehead atoms. The van der Waals surface area contributed by atoms with Gasteiger partial charge in [-0.05, 0) is 44.2 Å². The molecule has 1 aliphatic carbocycles. The molecule has 1 saturated carbocycles. The van der Waals surface area contributed by atoms with E-state index < -0.39 is 11.7 Å². The van der Waals surface area contributed by atoms with E-state index in [1.807, 2.05) is 11.8 Å². The lowest BCUT2D eigenvalue weighted by molar-refractivity contribution is -0.137. The smallest absolute Gasteiger partial charge is 0.355 e. The molecule has 1 saturated heterocycles. The number of pyridine rings is 1. The van der Waals surface area contributed by atoms with Crippen LogP contribution in [-0.4, -0.2) is 54.6 Å². The van der Waals surface area contributed by atoms with E-state index in [1.165, 1.54) is 38.2 Å². The number of carbonyl (C=O) groups excluding carboxylic acids is 1. The molecule has 1 atom stereocenters. The summed E-state index contributed by atoms with van der Waals surface area (Å²) in [5.41, 5.74) is -0.735. The Balaban J connectivity index is 1.50. The van der Waals surface area contributed by atoms with Crippen molar-refractivity contribution < 1.29 is 18.0 Å². The van der Waals surface area contributed by atoms with E-state index in [0.29, 0.717) is 31.4 Å². The molecule has 1 aromatic rings. The predicted octanol–water partition coefficient (Wildman–Crippen LogP) is 3.70. The molecule has 2 heterocycles. The normalized spacial score (nSPS) is 20.9. The number of anilines is 1. The van der Waals surface area contributed by atoms with E-state index in [9.17, 15) is 18.0 Å².